The molecule has 61 heavy (non-hydrogen) atoms. The Morgan fingerprint density at radius 1 is 0.672 bits per heavy atom. The van der Waals surface area contributed by atoms with Gasteiger partial charge in [0.1, 0.15) is 17.2 Å². The van der Waals surface area contributed by atoms with Crippen LogP contribution < -0.4 is 10.6 Å². The third-order valence-electron chi connectivity index (χ3n) is 12.0. The van der Waals surface area contributed by atoms with Crippen LogP contribution in [0.3, 0.4) is 0 Å². The van der Waals surface area contributed by atoms with Crippen LogP contribution in [0.25, 0.3) is 0 Å². The number of halogens is 1. The Morgan fingerprint density at radius 3 is 1.46 bits per heavy atom. The highest BCUT2D eigenvalue weighted by atomic mass is 35.5. The van der Waals surface area contributed by atoms with Gasteiger partial charge in [-0.05, 0) is 126 Å². The quantitative estimate of drug-likeness (QED) is 0.0668. The summed E-state index contributed by atoms with van der Waals surface area (Å²) in [5, 5.41) is 12.6. The monoisotopic (exact) mass is 903 g/mol. The molecule has 4 aliphatic rings. The standard InChI is InChI=1S/C16H22O5S.C9H16N3O2.C9H17NO2.C9H16O3.ClH/c1-12-6-8-15(9-7-12)22(18,19)21-11-13-4-3-5-14(10-13)16(17)20-2;1-14-9(13)8-4-2-3-7(5-8)6-11-12-10;2*1-12-9(11)8-4-2-3-7(5-8)6-10;/h6-9,13-14H,3-5,10-11H2,1-2H3;7-8,10H,2-6H2,1H3;7-8H,2-6,10H2,1H3;7-8,10H,2-6H2,1H3;1H/q;+1;;;/t13-,14?;7-,8+;2*7-,8?;/m1111./s1. The number of ether oxygens (including phenoxy) is 4. The zero-order valence-corrected chi connectivity index (χ0v) is 38.4. The van der Waals surface area contributed by atoms with Crippen molar-refractivity contribution in [2.24, 2.45) is 58.2 Å². The number of nitrogens with zero attached hydrogens (tertiary/aromatic N) is 2. The molecule has 348 valence electrons. The molecule has 8 atom stereocenters. The van der Waals surface area contributed by atoms with Crippen molar-refractivity contribution < 1.29 is 55.8 Å². The average molecular weight is 905 g/mol. The number of aliphatic hydroxyl groups is 1. The van der Waals surface area contributed by atoms with Crippen LogP contribution in [0.1, 0.15) is 108 Å². The summed E-state index contributed by atoms with van der Waals surface area (Å²) >= 11 is 0. The van der Waals surface area contributed by atoms with Crippen LogP contribution in [0.2, 0.25) is 0 Å². The molecule has 0 spiro atoms. The molecule has 4 saturated carbocycles. The van der Waals surface area contributed by atoms with Gasteiger partial charge in [-0.25, -0.2) is 0 Å². The topological polar surface area (TPSA) is 245 Å². The molecular weight excluding hydrogens is 832 g/mol. The maximum atomic E-state index is 12.1. The Labute approximate surface area is 368 Å². The fourth-order valence-electron chi connectivity index (χ4n) is 8.50. The number of nitrogens with one attached hydrogen (secondary N) is 1. The summed E-state index contributed by atoms with van der Waals surface area (Å²) in [7, 11) is 1.94. The first kappa shape index (κ1) is 55.5. The van der Waals surface area contributed by atoms with Crippen molar-refractivity contribution in [3.63, 3.8) is 0 Å². The number of nitrogens with two attached hydrogens (primary N) is 1. The molecule has 0 amide bonds. The van der Waals surface area contributed by atoms with Crippen molar-refractivity contribution in [1.82, 2.24) is 4.91 Å². The Kier molecular flexibility index (Phi) is 27.8. The highest BCUT2D eigenvalue weighted by Gasteiger charge is 2.31. The fourth-order valence-corrected chi connectivity index (χ4v) is 9.48. The van der Waals surface area contributed by atoms with Gasteiger partial charge in [-0.3, -0.25) is 23.4 Å². The molecule has 5 rings (SSSR count). The minimum absolute atomic E-state index is 0. The molecule has 4 aliphatic carbocycles. The number of methoxy groups -OCH3 is 4. The lowest BCUT2D eigenvalue weighted by atomic mass is 9.81. The Morgan fingerprint density at radius 2 is 1.05 bits per heavy atom. The Balaban J connectivity index is 0.000000420. The zero-order valence-electron chi connectivity index (χ0n) is 36.8. The normalized spacial score (nSPS) is 25.8. The van der Waals surface area contributed by atoms with Crippen molar-refractivity contribution in [2.45, 2.75) is 115 Å². The van der Waals surface area contributed by atoms with Crippen molar-refractivity contribution in [2.75, 3.05) is 54.7 Å². The SMILES string of the molecule is COC(=O)C1CCC[C@@H](CN)C1.COC(=O)C1CCC[C@@H](CO)C1.COC(=O)C1CCC[C@@H](COS(=O)(=O)c2ccc(C)cc2)C1.COC(=O)[C@H]1CCC[C@@H](CN=[N+]=N)C1.Cl. The van der Waals surface area contributed by atoms with Gasteiger partial charge in [0.2, 0.25) is 4.91 Å². The molecule has 1 aromatic rings. The van der Waals surface area contributed by atoms with E-state index in [1.54, 1.807) is 24.3 Å². The predicted molar refractivity (Wildman–Crippen MR) is 230 cm³/mol. The van der Waals surface area contributed by atoms with Gasteiger partial charge in [-0.2, -0.15) is 8.42 Å². The zero-order chi connectivity index (χ0) is 44.5. The largest absolute Gasteiger partial charge is 0.469 e. The van der Waals surface area contributed by atoms with Crippen LogP contribution >= 0.6 is 12.4 Å². The number of rotatable bonds is 12. The molecule has 4 N–H and O–H groups in total. The number of benzene rings is 1. The van der Waals surface area contributed by atoms with Crippen molar-refractivity contribution in [3.05, 3.63) is 29.8 Å². The second-order valence-corrected chi connectivity index (χ2v) is 18.0. The van der Waals surface area contributed by atoms with Crippen LogP contribution in [-0.4, -0.2) is 92.1 Å². The molecule has 16 nitrogen and oxygen atoms in total. The second kappa shape index (κ2) is 30.6. The maximum Gasteiger partial charge on any atom is 0.308 e. The van der Waals surface area contributed by atoms with E-state index >= 15 is 0 Å². The number of hydrogen-bond acceptors (Lipinski definition) is 15. The van der Waals surface area contributed by atoms with Crippen LogP contribution in [0.4, 0.5) is 0 Å². The van der Waals surface area contributed by atoms with Crippen molar-refractivity contribution in [3.8, 4) is 0 Å². The molecule has 1 aromatic carbocycles. The molecule has 3 unspecified atom stereocenters. The van der Waals surface area contributed by atoms with E-state index in [0.29, 0.717) is 37.3 Å². The maximum absolute atomic E-state index is 12.1. The summed E-state index contributed by atoms with van der Waals surface area (Å²) < 4.78 is 48.3. The number of carbonyl (C=O) groups is 4. The predicted octanol–water partition coefficient (Wildman–Crippen LogP) is 6.50. The Bertz CT molecular complexity index is 1580. The van der Waals surface area contributed by atoms with E-state index in [4.69, 9.17) is 34.8 Å². The first-order valence-electron chi connectivity index (χ1n) is 21.4. The molecule has 0 bridgehead atoms. The number of esters is 4. The van der Waals surface area contributed by atoms with E-state index < -0.39 is 10.1 Å². The summed E-state index contributed by atoms with van der Waals surface area (Å²) in [4.78, 5) is 48.3. The molecule has 0 aromatic heterocycles. The fraction of sp³-hybridized carbons (Fsp3) is 0.767. The summed E-state index contributed by atoms with van der Waals surface area (Å²) in [6, 6.07) is 6.57. The van der Waals surface area contributed by atoms with Gasteiger partial charge in [0.25, 0.3) is 10.1 Å². The van der Waals surface area contributed by atoms with E-state index in [-0.39, 0.29) is 84.0 Å². The molecule has 0 saturated heterocycles. The lowest BCUT2D eigenvalue weighted by molar-refractivity contribution is -0.148. The van der Waals surface area contributed by atoms with Gasteiger partial charge in [-0.1, -0.05) is 43.4 Å². The van der Waals surface area contributed by atoms with Gasteiger partial charge in [0, 0.05) is 6.61 Å². The molecule has 18 heteroatoms. The van der Waals surface area contributed by atoms with E-state index in [2.05, 4.69) is 14.8 Å². The summed E-state index contributed by atoms with van der Waals surface area (Å²) in [6.45, 7) is 3.48. The number of aryl methyl sites for hydroxylation is 1. The molecular formula is C43H72ClN4O12S+. The van der Waals surface area contributed by atoms with Gasteiger partial charge < -0.3 is 29.8 Å². The smallest absolute Gasteiger partial charge is 0.308 e. The van der Waals surface area contributed by atoms with E-state index in [9.17, 15) is 27.6 Å². The van der Waals surface area contributed by atoms with Gasteiger partial charge >= 0.3 is 23.9 Å². The molecule has 0 aliphatic heterocycles. The van der Waals surface area contributed by atoms with Crippen molar-refractivity contribution in [1.29, 1.82) is 5.53 Å². The number of hydrogen-bond donors (Lipinski definition) is 3. The third kappa shape index (κ3) is 20.5. The average Bonchev–Trinajstić information content (AvgIpc) is 3.30. The van der Waals surface area contributed by atoms with Gasteiger partial charge in [0.05, 0.1) is 63.6 Å². The number of carbonyl (C=O) groups excluding carboxylic acids is 4. The summed E-state index contributed by atoms with van der Waals surface area (Å²) in [5.74, 6) is 0.808. The summed E-state index contributed by atoms with van der Waals surface area (Å²) in [5.41, 5.74) is 13.1. The van der Waals surface area contributed by atoms with Crippen molar-refractivity contribution >= 4 is 46.4 Å². The minimum Gasteiger partial charge on any atom is -0.469 e. The van der Waals surface area contributed by atoms with Crippen LogP contribution in [0.15, 0.2) is 34.3 Å². The lowest BCUT2D eigenvalue weighted by Gasteiger charge is -2.26. The lowest BCUT2D eigenvalue weighted by Crippen LogP contribution is -2.27. The first-order valence-corrected chi connectivity index (χ1v) is 22.8. The highest BCUT2D eigenvalue weighted by molar-refractivity contribution is 7.86. The van der Waals surface area contributed by atoms with Crippen LogP contribution in [0, 0.1) is 59.8 Å². The van der Waals surface area contributed by atoms with E-state index in [1.165, 1.54) is 34.9 Å². The van der Waals surface area contributed by atoms with Gasteiger partial charge in [0.15, 0.2) is 0 Å². The molecule has 0 radical (unpaired) electrons. The van der Waals surface area contributed by atoms with E-state index in [0.717, 1.165) is 95.5 Å². The summed E-state index contributed by atoms with van der Waals surface area (Å²) in [6.07, 6.45) is 15.0. The highest BCUT2D eigenvalue weighted by Crippen LogP contribution is 2.32. The second-order valence-electron chi connectivity index (χ2n) is 16.4. The Hall–Kier alpha value is -3.47. The minimum atomic E-state index is -3.74. The van der Waals surface area contributed by atoms with Gasteiger partial charge in [-0.15, -0.1) is 12.4 Å². The van der Waals surface area contributed by atoms with Crippen LogP contribution in [0.5, 0.6) is 0 Å². The molecule has 4 fully saturated rings. The number of aliphatic hydroxyl groups excluding tert-OH is 1. The molecule has 0 heterocycles. The third-order valence-corrected chi connectivity index (χ3v) is 13.3. The van der Waals surface area contributed by atoms with Crippen LogP contribution in [-0.2, 0) is 52.4 Å². The van der Waals surface area contributed by atoms with E-state index in [1.807, 2.05) is 6.92 Å². The first-order chi connectivity index (χ1) is 28.7.